The Bertz CT molecular complexity index is 1550. The van der Waals surface area contributed by atoms with Crippen molar-refractivity contribution in [1.29, 1.82) is 0 Å². The first-order valence-corrected chi connectivity index (χ1v) is 15.0. The number of fused-ring (bicyclic) bond motifs is 1. The number of carbonyl (C=O) groups is 4. The first kappa shape index (κ1) is 31.9. The molecule has 2 unspecified atom stereocenters. The number of aliphatic carboxylic acids is 2. The number of thioether (sulfide) groups is 1. The van der Waals surface area contributed by atoms with Gasteiger partial charge in [-0.1, -0.05) is 24.3 Å². The number of β-lactam (4-membered cyclic amide) rings is 1. The normalized spacial score (nSPS) is 24.3. The molecule has 0 radical (unpaired) electrons. The predicted molar refractivity (Wildman–Crippen MR) is 163 cm³/mol. The molecule has 0 aromatic carbocycles. The fourth-order valence-corrected chi connectivity index (χ4v) is 6.86. The highest BCUT2D eigenvalue weighted by atomic mass is 32.2. The number of nitrogen functional groups attached to an aromatic ring is 1. The molecule has 19 heteroatoms. The zero-order chi connectivity index (χ0) is 32.0. The topological polar surface area (TPSA) is 252 Å². The number of hydrogen-bond acceptors (Lipinski definition) is 15. The molecule has 0 bridgehead atoms. The molecule has 16 nitrogen and oxygen atoms in total. The van der Waals surface area contributed by atoms with Gasteiger partial charge in [0, 0.05) is 34.7 Å². The molecule has 4 rings (SSSR count). The second-order valence-corrected chi connectivity index (χ2v) is 12.3. The molecule has 0 aliphatic carbocycles. The second-order valence-electron chi connectivity index (χ2n) is 10.1. The van der Waals surface area contributed by atoms with Gasteiger partial charge < -0.3 is 42.5 Å². The van der Waals surface area contributed by atoms with Crippen LogP contribution >= 0.6 is 35.3 Å². The zero-order valence-corrected chi connectivity index (χ0v) is 25.8. The second kappa shape index (κ2) is 11.5. The maximum atomic E-state index is 13.7. The number of oxime groups is 1. The number of rotatable bonds is 10. The Morgan fingerprint density at radius 3 is 2.56 bits per heavy atom. The molecule has 43 heavy (non-hydrogen) atoms. The number of aromatic nitrogens is 1. The minimum atomic E-state index is -1.83. The summed E-state index contributed by atoms with van der Waals surface area (Å²) in [7, 11) is 1.65. The maximum Gasteiger partial charge on any atom is 0.353 e. The smallest absolute Gasteiger partial charge is 0.353 e. The number of likely N-dealkylation sites (N-methyl/N-ethyl adjacent to an activating group) is 1. The lowest BCUT2D eigenvalue weighted by Gasteiger charge is -2.55. The van der Waals surface area contributed by atoms with E-state index < -0.39 is 52.1 Å². The lowest BCUT2D eigenvalue weighted by atomic mass is 9.87. The molecule has 3 aliphatic heterocycles. The van der Waals surface area contributed by atoms with E-state index in [9.17, 15) is 29.4 Å². The van der Waals surface area contributed by atoms with Gasteiger partial charge in [-0.2, -0.15) is 0 Å². The van der Waals surface area contributed by atoms with Crippen molar-refractivity contribution in [1.82, 2.24) is 20.1 Å². The molecular weight excluding hydrogens is 623 g/mol. The maximum absolute atomic E-state index is 13.7. The van der Waals surface area contributed by atoms with Gasteiger partial charge in [-0.15, -0.1) is 23.1 Å². The molecule has 0 spiro atoms. The number of nitrogens with zero attached hydrogens (tertiary/aromatic N) is 5. The van der Waals surface area contributed by atoms with Crippen molar-refractivity contribution < 1.29 is 34.2 Å². The SMILES string of the molecule is CCC1=C(N)N=C(C2=C(C(=O)O)N3C(=O)C(C=S)(NC(=O)/C(=N\OC(C)(C)C(=O)O)c4csc(N)n4)[C@@H]3SC2)N(C)C1N. The first-order chi connectivity index (χ1) is 20.1. The van der Waals surface area contributed by atoms with E-state index in [1.54, 1.807) is 11.9 Å². The van der Waals surface area contributed by atoms with Gasteiger partial charge in [-0.25, -0.2) is 19.6 Å². The third-order valence-corrected chi connectivity index (χ3v) is 9.39. The summed E-state index contributed by atoms with van der Waals surface area (Å²) in [6.07, 6.45) is -0.116. The molecule has 4 heterocycles. The Kier molecular flexibility index (Phi) is 8.56. The number of thiazole rings is 1. The molecule has 1 aromatic rings. The highest BCUT2D eigenvalue weighted by Crippen LogP contribution is 2.46. The molecule has 3 aliphatic rings. The number of amides is 2. The number of thiocarbonyl (C=S) groups is 1. The van der Waals surface area contributed by atoms with Gasteiger partial charge >= 0.3 is 11.9 Å². The van der Waals surface area contributed by atoms with E-state index in [-0.39, 0.29) is 39.5 Å². The molecular formula is C24H29N9O7S3. The van der Waals surface area contributed by atoms with E-state index in [2.05, 4.69) is 20.4 Å². The van der Waals surface area contributed by atoms with Crippen LogP contribution in [0, 0.1) is 0 Å². The molecule has 1 saturated heterocycles. The zero-order valence-electron chi connectivity index (χ0n) is 23.4. The third kappa shape index (κ3) is 5.32. The number of amidine groups is 1. The lowest BCUT2D eigenvalue weighted by Crippen LogP contribution is -2.81. The molecule has 1 fully saturated rings. The van der Waals surface area contributed by atoms with Crippen molar-refractivity contribution in [2.45, 2.75) is 49.9 Å². The van der Waals surface area contributed by atoms with Gasteiger partial charge in [-0.3, -0.25) is 14.5 Å². The van der Waals surface area contributed by atoms with Gasteiger partial charge in [0.2, 0.25) is 5.60 Å². The Labute approximate surface area is 258 Å². The lowest BCUT2D eigenvalue weighted by molar-refractivity contribution is -0.161. The number of carboxylic acids is 2. The van der Waals surface area contributed by atoms with Gasteiger partial charge in [0.25, 0.3) is 11.8 Å². The molecule has 230 valence electrons. The monoisotopic (exact) mass is 651 g/mol. The quantitative estimate of drug-likeness (QED) is 0.0817. The van der Waals surface area contributed by atoms with Gasteiger partial charge in [0.05, 0.1) is 0 Å². The van der Waals surface area contributed by atoms with Crippen LogP contribution in [0.4, 0.5) is 5.13 Å². The summed E-state index contributed by atoms with van der Waals surface area (Å²) in [4.78, 5) is 67.5. The van der Waals surface area contributed by atoms with Gasteiger partial charge in [-0.05, 0) is 20.3 Å². The number of nitrogens with one attached hydrogen (secondary N) is 1. The highest BCUT2D eigenvalue weighted by molar-refractivity contribution is 8.00. The van der Waals surface area contributed by atoms with Crippen LogP contribution in [0.25, 0.3) is 0 Å². The molecule has 0 saturated carbocycles. The Balaban J connectivity index is 1.71. The van der Waals surface area contributed by atoms with Crippen molar-refractivity contribution in [3.8, 4) is 0 Å². The van der Waals surface area contributed by atoms with Gasteiger partial charge in [0.1, 0.15) is 34.6 Å². The summed E-state index contributed by atoms with van der Waals surface area (Å²) >= 11 is 7.31. The Morgan fingerprint density at radius 2 is 2.02 bits per heavy atom. The predicted octanol–water partition coefficient (Wildman–Crippen LogP) is -0.373. The molecule has 1 aromatic heterocycles. The number of aliphatic imine (C=N–C) groups is 1. The van der Waals surface area contributed by atoms with Crippen molar-refractivity contribution in [3.63, 3.8) is 0 Å². The standard InChI is InChI=1S/C24H29N9O7S3/c1-5-9-14(25)29-16(32(4)15(9)26)10-6-42-20-24(8-41,19(37)33(20)13(10)18(35)36)30-17(34)12(11-7-43-22(27)28-11)31-40-23(2,3)21(38)39/h7-8,15,20H,5-6,25-26H2,1-4H3,(H2,27,28)(H,30,34)(H,35,36)(H,38,39)/b31-12-/t15?,20-,24?/m0/s1. The summed E-state index contributed by atoms with van der Waals surface area (Å²) in [6, 6.07) is 0. The minimum Gasteiger partial charge on any atom is -0.478 e. The third-order valence-electron chi connectivity index (χ3n) is 6.99. The van der Waals surface area contributed by atoms with Crippen molar-refractivity contribution in [2.75, 3.05) is 18.5 Å². The number of hydrogen-bond donors (Lipinski definition) is 6. The van der Waals surface area contributed by atoms with E-state index in [1.807, 2.05) is 6.92 Å². The van der Waals surface area contributed by atoms with E-state index in [4.69, 9.17) is 34.3 Å². The first-order valence-electron chi connectivity index (χ1n) is 12.6. The summed E-state index contributed by atoms with van der Waals surface area (Å²) in [5, 5.41) is 27.4. The fraction of sp³-hybridized carbons (Fsp3) is 0.417. The average molecular weight is 652 g/mol. The van der Waals surface area contributed by atoms with E-state index >= 15 is 0 Å². The summed E-state index contributed by atoms with van der Waals surface area (Å²) in [5.74, 6) is -4.14. The van der Waals surface area contributed by atoms with Crippen LogP contribution in [0.3, 0.4) is 0 Å². The highest BCUT2D eigenvalue weighted by Gasteiger charge is 2.65. The molecule has 3 atom stereocenters. The van der Waals surface area contributed by atoms with E-state index in [0.717, 1.165) is 33.4 Å². The fourth-order valence-electron chi connectivity index (χ4n) is 4.50. The van der Waals surface area contributed by atoms with Crippen LogP contribution in [-0.2, 0) is 24.0 Å². The Morgan fingerprint density at radius 1 is 1.35 bits per heavy atom. The average Bonchev–Trinajstić information content (AvgIpc) is 3.38. The van der Waals surface area contributed by atoms with Crippen LogP contribution in [0.15, 0.2) is 38.2 Å². The van der Waals surface area contributed by atoms with Crippen LogP contribution in [0.2, 0.25) is 0 Å². The largest absolute Gasteiger partial charge is 0.478 e. The molecule has 9 N–H and O–H groups in total. The number of anilines is 1. The van der Waals surface area contributed by atoms with E-state index in [1.165, 1.54) is 19.2 Å². The molecule has 2 amide bonds. The number of nitrogens with two attached hydrogens (primary N) is 3. The van der Waals surface area contributed by atoms with Crippen LogP contribution in [0.1, 0.15) is 32.9 Å². The number of carboxylic acid groups (broad SMARTS) is 2. The van der Waals surface area contributed by atoms with Crippen LogP contribution in [-0.4, -0.2) is 101 Å². The van der Waals surface area contributed by atoms with Crippen LogP contribution in [0.5, 0.6) is 0 Å². The minimum absolute atomic E-state index is 0.0409. The van der Waals surface area contributed by atoms with Crippen molar-refractivity contribution >= 4 is 81.1 Å². The summed E-state index contributed by atoms with van der Waals surface area (Å²) in [6.45, 7) is 4.31. The van der Waals surface area contributed by atoms with E-state index in [0.29, 0.717) is 12.0 Å². The number of carbonyl (C=O) groups excluding carboxylic acids is 2. The summed E-state index contributed by atoms with van der Waals surface area (Å²) < 4.78 is 0. The summed E-state index contributed by atoms with van der Waals surface area (Å²) in [5.41, 5.74) is 14.5. The van der Waals surface area contributed by atoms with Crippen LogP contribution < -0.4 is 22.5 Å². The Hall–Kier alpha value is -4.07. The van der Waals surface area contributed by atoms with Gasteiger partial charge in [0.15, 0.2) is 16.4 Å². The van der Waals surface area contributed by atoms with Crippen molar-refractivity contribution in [2.24, 2.45) is 21.6 Å². The van der Waals surface area contributed by atoms with Crippen molar-refractivity contribution in [3.05, 3.63) is 33.7 Å².